The summed E-state index contributed by atoms with van der Waals surface area (Å²) in [5.74, 6) is 1.62. The SMILES string of the molecule is COC(=O)NC(C)(C)/C=C/n1ncc(C(=O)NC2C3CCC2CC(CO)C3)c1OCC(C)C. The average molecular weight is 463 g/mol. The maximum absolute atomic E-state index is 13.3. The van der Waals surface area contributed by atoms with Crippen LogP contribution in [0.2, 0.25) is 0 Å². The maximum atomic E-state index is 13.3. The van der Waals surface area contributed by atoms with Gasteiger partial charge in [0, 0.05) is 18.8 Å². The van der Waals surface area contributed by atoms with E-state index in [1.165, 1.54) is 18.0 Å². The van der Waals surface area contributed by atoms with Crippen molar-refractivity contribution in [1.29, 1.82) is 0 Å². The average Bonchev–Trinajstić information content (AvgIpc) is 3.26. The van der Waals surface area contributed by atoms with E-state index in [1.807, 2.05) is 27.7 Å². The predicted octanol–water partition coefficient (Wildman–Crippen LogP) is 3.05. The van der Waals surface area contributed by atoms with Crippen molar-refractivity contribution < 1.29 is 24.2 Å². The summed E-state index contributed by atoms with van der Waals surface area (Å²) >= 11 is 0. The van der Waals surface area contributed by atoms with Gasteiger partial charge >= 0.3 is 6.09 Å². The van der Waals surface area contributed by atoms with Gasteiger partial charge in [-0.1, -0.05) is 13.8 Å². The minimum absolute atomic E-state index is 0.125. The molecule has 3 rings (SSSR count). The zero-order valence-corrected chi connectivity index (χ0v) is 20.3. The van der Waals surface area contributed by atoms with Gasteiger partial charge < -0.3 is 25.2 Å². The molecule has 0 aliphatic heterocycles. The second kappa shape index (κ2) is 10.6. The molecule has 0 aromatic carbocycles. The third-order valence-corrected chi connectivity index (χ3v) is 6.54. The van der Waals surface area contributed by atoms with Gasteiger partial charge in [-0.15, -0.1) is 0 Å². The Kier molecular flexibility index (Phi) is 8.05. The van der Waals surface area contributed by atoms with Gasteiger partial charge in [0.1, 0.15) is 5.56 Å². The van der Waals surface area contributed by atoms with Crippen molar-refractivity contribution in [3.63, 3.8) is 0 Å². The number of nitrogens with zero attached hydrogens (tertiary/aromatic N) is 2. The molecule has 9 heteroatoms. The molecule has 2 atom stereocenters. The number of alkyl carbamates (subject to hydrolysis) is 1. The molecule has 0 spiro atoms. The Morgan fingerprint density at radius 1 is 1.30 bits per heavy atom. The van der Waals surface area contributed by atoms with Crippen molar-refractivity contribution in [3.05, 3.63) is 17.8 Å². The summed E-state index contributed by atoms with van der Waals surface area (Å²) in [5, 5.41) is 19.9. The first-order valence-corrected chi connectivity index (χ1v) is 11.8. The van der Waals surface area contributed by atoms with Crippen LogP contribution in [0.15, 0.2) is 12.3 Å². The van der Waals surface area contributed by atoms with Crippen molar-refractivity contribution >= 4 is 18.2 Å². The lowest BCUT2D eigenvalue weighted by Crippen LogP contribution is -2.45. The number of hydrogen-bond acceptors (Lipinski definition) is 6. The molecule has 9 nitrogen and oxygen atoms in total. The molecule has 1 aromatic heterocycles. The Hall–Kier alpha value is -2.55. The number of amides is 2. The fraction of sp³-hybridized carbons (Fsp3) is 0.708. The van der Waals surface area contributed by atoms with Gasteiger partial charge in [0.2, 0.25) is 5.88 Å². The number of aliphatic hydroxyl groups is 1. The number of ether oxygens (including phenoxy) is 2. The van der Waals surface area contributed by atoms with Crippen LogP contribution in [0.5, 0.6) is 5.88 Å². The standard InChI is InChI=1S/C24H38N4O5/c1-15(2)14-33-22-19(12-25-28(22)9-8-24(3,4)27-23(31)32-5)21(30)26-20-17-6-7-18(20)11-16(10-17)13-29/h8-9,12,15-18,20,29H,6-7,10-11,13-14H2,1-5H3,(H,26,30)(H,27,31)/b9-8+. The highest BCUT2D eigenvalue weighted by Gasteiger charge is 2.43. The summed E-state index contributed by atoms with van der Waals surface area (Å²) in [6, 6.07) is 0.125. The van der Waals surface area contributed by atoms with Crippen molar-refractivity contribution in [2.45, 2.75) is 65.0 Å². The van der Waals surface area contributed by atoms with Crippen molar-refractivity contribution in [2.75, 3.05) is 20.3 Å². The highest BCUT2D eigenvalue weighted by Crippen LogP contribution is 2.45. The van der Waals surface area contributed by atoms with Gasteiger partial charge in [-0.2, -0.15) is 5.10 Å². The topological polar surface area (TPSA) is 115 Å². The van der Waals surface area contributed by atoms with Crippen LogP contribution >= 0.6 is 0 Å². The fourth-order valence-corrected chi connectivity index (χ4v) is 4.88. The molecule has 2 bridgehead atoms. The maximum Gasteiger partial charge on any atom is 0.407 e. The van der Waals surface area contributed by atoms with E-state index >= 15 is 0 Å². The third-order valence-electron chi connectivity index (χ3n) is 6.54. The number of fused-ring (bicyclic) bond motifs is 2. The van der Waals surface area contributed by atoms with Crippen LogP contribution in [0.1, 0.15) is 63.7 Å². The first-order chi connectivity index (χ1) is 15.6. The van der Waals surface area contributed by atoms with Crippen LogP contribution < -0.4 is 15.4 Å². The van der Waals surface area contributed by atoms with E-state index in [2.05, 4.69) is 20.5 Å². The lowest BCUT2D eigenvalue weighted by atomic mass is 9.77. The molecule has 184 valence electrons. The molecular formula is C24H38N4O5. The molecule has 1 aromatic rings. The molecule has 1 heterocycles. The van der Waals surface area contributed by atoms with E-state index in [0.29, 0.717) is 35.8 Å². The Bertz CT molecular complexity index is 849. The first-order valence-electron chi connectivity index (χ1n) is 11.8. The van der Waals surface area contributed by atoms with Gasteiger partial charge in [-0.05, 0) is 69.3 Å². The van der Waals surface area contributed by atoms with Crippen LogP contribution in [-0.4, -0.2) is 58.8 Å². The largest absolute Gasteiger partial charge is 0.477 e. The minimum Gasteiger partial charge on any atom is -0.477 e. The second-order valence-corrected chi connectivity index (χ2v) is 10.3. The Labute approximate surface area is 195 Å². The van der Waals surface area contributed by atoms with Crippen molar-refractivity contribution in [3.8, 4) is 5.88 Å². The van der Waals surface area contributed by atoms with Gasteiger partial charge in [-0.25, -0.2) is 9.48 Å². The fourth-order valence-electron chi connectivity index (χ4n) is 4.88. The normalized spacial score (nSPS) is 24.8. The first kappa shape index (κ1) is 25.1. The van der Waals surface area contributed by atoms with Crippen LogP contribution in [0, 0.1) is 23.7 Å². The lowest BCUT2D eigenvalue weighted by Gasteiger charge is -2.35. The quantitative estimate of drug-likeness (QED) is 0.520. The minimum atomic E-state index is -0.693. The molecule has 2 aliphatic carbocycles. The van der Waals surface area contributed by atoms with Crippen LogP contribution in [0.3, 0.4) is 0 Å². The summed E-state index contributed by atoms with van der Waals surface area (Å²) in [7, 11) is 1.31. The predicted molar refractivity (Wildman–Crippen MR) is 125 cm³/mol. The van der Waals surface area contributed by atoms with Gasteiger partial charge in [0.25, 0.3) is 5.91 Å². The number of carbonyl (C=O) groups excluding carboxylic acids is 2. The summed E-state index contributed by atoms with van der Waals surface area (Å²) in [5.41, 5.74) is -0.302. The number of aromatic nitrogens is 2. The zero-order valence-electron chi connectivity index (χ0n) is 20.3. The number of rotatable bonds is 9. The Balaban J connectivity index is 1.77. The summed E-state index contributed by atoms with van der Waals surface area (Å²) in [6.07, 6.45) is 8.53. The van der Waals surface area contributed by atoms with E-state index in [-0.39, 0.29) is 24.5 Å². The van der Waals surface area contributed by atoms with E-state index in [1.54, 1.807) is 12.3 Å². The van der Waals surface area contributed by atoms with E-state index in [4.69, 9.17) is 4.74 Å². The Morgan fingerprint density at radius 3 is 2.55 bits per heavy atom. The second-order valence-electron chi connectivity index (χ2n) is 10.3. The van der Waals surface area contributed by atoms with Gasteiger partial charge in [0.15, 0.2) is 0 Å². The van der Waals surface area contributed by atoms with E-state index < -0.39 is 11.6 Å². The van der Waals surface area contributed by atoms with Crippen LogP contribution in [0.25, 0.3) is 6.20 Å². The number of methoxy groups -OCH3 is 1. The third kappa shape index (κ3) is 6.28. The molecule has 33 heavy (non-hydrogen) atoms. The molecule has 2 fully saturated rings. The van der Waals surface area contributed by atoms with E-state index in [0.717, 1.165) is 25.7 Å². The number of hydrogen-bond donors (Lipinski definition) is 3. The summed E-state index contributed by atoms with van der Waals surface area (Å²) in [4.78, 5) is 24.8. The zero-order chi connectivity index (χ0) is 24.2. The van der Waals surface area contributed by atoms with Crippen LogP contribution in [-0.2, 0) is 4.74 Å². The Morgan fingerprint density at radius 2 is 1.97 bits per heavy atom. The molecule has 2 saturated carbocycles. The van der Waals surface area contributed by atoms with Gasteiger partial charge in [-0.3, -0.25) is 4.79 Å². The summed E-state index contributed by atoms with van der Waals surface area (Å²) in [6.45, 7) is 8.39. The lowest BCUT2D eigenvalue weighted by molar-refractivity contribution is 0.0844. The van der Waals surface area contributed by atoms with Crippen molar-refractivity contribution in [2.24, 2.45) is 23.7 Å². The number of carbonyl (C=O) groups is 2. The van der Waals surface area contributed by atoms with Crippen LogP contribution in [0.4, 0.5) is 4.79 Å². The molecular weight excluding hydrogens is 424 g/mol. The van der Waals surface area contributed by atoms with E-state index in [9.17, 15) is 14.7 Å². The number of nitrogens with one attached hydrogen (secondary N) is 2. The molecule has 2 aliphatic rings. The molecule has 0 saturated heterocycles. The smallest absolute Gasteiger partial charge is 0.407 e. The highest BCUT2D eigenvalue weighted by atomic mass is 16.5. The summed E-state index contributed by atoms with van der Waals surface area (Å²) < 4.78 is 12.2. The molecule has 2 amide bonds. The number of aliphatic hydroxyl groups excluding tert-OH is 1. The molecule has 3 N–H and O–H groups in total. The highest BCUT2D eigenvalue weighted by molar-refractivity contribution is 5.96. The van der Waals surface area contributed by atoms with Gasteiger partial charge in [0.05, 0.1) is 25.5 Å². The molecule has 2 unspecified atom stereocenters. The van der Waals surface area contributed by atoms with Crippen molar-refractivity contribution in [1.82, 2.24) is 20.4 Å². The molecule has 0 radical (unpaired) electrons. The monoisotopic (exact) mass is 462 g/mol.